The molecule has 0 aliphatic carbocycles. The van der Waals surface area contributed by atoms with E-state index in [0.717, 1.165) is 25.8 Å². The largest absolute Gasteiger partial charge is 0.387 e. The van der Waals surface area contributed by atoms with Crippen LogP contribution in [0.1, 0.15) is 30.9 Å². The van der Waals surface area contributed by atoms with Crippen LogP contribution in [0.5, 0.6) is 0 Å². The van der Waals surface area contributed by atoms with Gasteiger partial charge in [-0.05, 0) is 31.5 Å². The number of piperidine rings is 1. The second-order valence-electron chi connectivity index (χ2n) is 4.28. The third-order valence-corrected chi connectivity index (χ3v) is 3.91. The maximum absolute atomic E-state index is 10.3. The average molecular weight is 295 g/mol. The van der Waals surface area contributed by atoms with Gasteiger partial charge in [-0.25, -0.2) is 0 Å². The minimum absolute atomic E-state index is 0.0138. The van der Waals surface area contributed by atoms with Crippen molar-refractivity contribution in [3.8, 4) is 0 Å². The Morgan fingerprint density at radius 1 is 1.18 bits per heavy atom. The molecule has 0 aromatic heterocycles. The number of aliphatic hydroxyl groups excluding tert-OH is 1. The number of nitrogens with one attached hydrogen (secondary N) is 1. The van der Waals surface area contributed by atoms with Crippen molar-refractivity contribution in [3.05, 3.63) is 32.8 Å². The third-order valence-electron chi connectivity index (χ3n) is 3.07. The molecule has 1 aromatic carbocycles. The molecule has 17 heavy (non-hydrogen) atoms. The van der Waals surface area contributed by atoms with E-state index in [9.17, 15) is 5.11 Å². The van der Waals surface area contributed by atoms with Gasteiger partial charge >= 0.3 is 0 Å². The topological polar surface area (TPSA) is 32.3 Å². The molecule has 0 spiro atoms. The Bertz CT molecular complexity index is 382. The van der Waals surface area contributed by atoms with E-state index in [4.69, 9.17) is 34.8 Å². The van der Waals surface area contributed by atoms with E-state index in [2.05, 4.69) is 5.32 Å². The first kappa shape index (κ1) is 13.4. The minimum atomic E-state index is -0.687. The van der Waals surface area contributed by atoms with Crippen molar-refractivity contribution < 1.29 is 5.11 Å². The number of aliphatic hydroxyl groups is 1. The highest BCUT2D eigenvalue weighted by atomic mass is 35.5. The molecule has 1 aliphatic heterocycles. The summed E-state index contributed by atoms with van der Waals surface area (Å²) in [7, 11) is 0. The summed E-state index contributed by atoms with van der Waals surface area (Å²) in [5.74, 6) is 0. The first-order valence-corrected chi connectivity index (χ1v) is 6.79. The highest BCUT2D eigenvalue weighted by Crippen LogP contribution is 2.36. The Balaban J connectivity index is 2.26. The lowest BCUT2D eigenvalue weighted by atomic mass is 9.95. The Labute approximate surface area is 116 Å². The van der Waals surface area contributed by atoms with Crippen LogP contribution < -0.4 is 5.32 Å². The summed E-state index contributed by atoms with van der Waals surface area (Å²) in [6.45, 7) is 0.921. The van der Waals surface area contributed by atoms with Gasteiger partial charge in [-0.1, -0.05) is 41.2 Å². The zero-order chi connectivity index (χ0) is 12.4. The van der Waals surface area contributed by atoms with Crippen molar-refractivity contribution in [2.24, 2.45) is 0 Å². The quantitative estimate of drug-likeness (QED) is 0.869. The molecule has 94 valence electrons. The maximum atomic E-state index is 10.3. The van der Waals surface area contributed by atoms with Gasteiger partial charge in [0.25, 0.3) is 0 Å². The molecule has 2 nitrogen and oxygen atoms in total. The zero-order valence-electron chi connectivity index (χ0n) is 9.22. The summed E-state index contributed by atoms with van der Waals surface area (Å²) in [6.07, 6.45) is 2.49. The number of rotatable bonds is 2. The normalized spacial score (nSPS) is 22.5. The summed E-state index contributed by atoms with van der Waals surface area (Å²) in [6, 6.07) is 3.23. The van der Waals surface area contributed by atoms with E-state index in [0.29, 0.717) is 20.6 Å². The van der Waals surface area contributed by atoms with Gasteiger partial charge in [0.1, 0.15) is 0 Å². The van der Waals surface area contributed by atoms with E-state index < -0.39 is 6.10 Å². The SMILES string of the molecule is OC(c1c(Cl)cc(Cl)cc1Cl)C1CCCCN1. The molecule has 2 unspecified atom stereocenters. The van der Waals surface area contributed by atoms with Crippen LogP contribution in [-0.4, -0.2) is 17.7 Å². The van der Waals surface area contributed by atoms with E-state index in [1.54, 1.807) is 12.1 Å². The molecule has 5 heteroatoms. The molecule has 2 atom stereocenters. The van der Waals surface area contributed by atoms with Crippen molar-refractivity contribution in [1.29, 1.82) is 0 Å². The molecule has 0 radical (unpaired) electrons. The van der Waals surface area contributed by atoms with Crippen molar-refractivity contribution in [2.45, 2.75) is 31.4 Å². The lowest BCUT2D eigenvalue weighted by molar-refractivity contribution is 0.114. The van der Waals surface area contributed by atoms with Crippen LogP contribution in [0.25, 0.3) is 0 Å². The molecule has 2 N–H and O–H groups in total. The van der Waals surface area contributed by atoms with Gasteiger partial charge in [-0.3, -0.25) is 0 Å². The molecule has 1 saturated heterocycles. The maximum Gasteiger partial charge on any atom is 0.0971 e. The van der Waals surface area contributed by atoms with Gasteiger partial charge in [-0.2, -0.15) is 0 Å². The standard InChI is InChI=1S/C12H14Cl3NO/c13-7-5-8(14)11(9(15)6-7)12(17)10-3-1-2-4-16-10/h5-6,10,12,16-17H,1-4H2. The number of halogens is 3. The third kappa shape index (κ3) is 3.07. The number of hydrogen-bond acceptors (Lipinski definition) is 2. The first-order valence-electron chi connectivity index (χ1n) is 5.65. The lowest BCUT2D eigenvalue weighted by Gasteiger charge is -2.29. The highest BCUT2D eigenvalue weighted by Gasteiger charge is 2.26. The predicted molar refractivity (Wildman–Crippen MR) is 72.1 cm³/mol. The van der Waals surface area contributed by atoms with Gasteiger partial charge in [0.05, 0.1) is 6.10 Å². The van der Waals surface area contributed by atoms with Crippen molar-refractivity contribution >= 4 is 34.8 Å². The van der Waals surface area contributed by atoms with Crippen molar-refractivity contribution in [3.63, 3.8) is 0 Å². The van der Waals surface area contributed by atoms with Crippen molar-refractivity contribution in [1.82, 2.24) is 5.32 Å². The summed E-state index contributed by atoms with van der Waals surface area (Å²) in [5, 5.41) is 14.9. The van der Waals surface area contributed by atoms with Crippen LogP contribution >= 0.6 is 34.8 Å². The van der Waals surface area contributed by atoms with Crippen LogP contribution in [0.2, 0.25) is 15.1 Å². The van der Waals surface area contributed by atoms with Crippen LogP contribution in [-0.2, 0) is 0 Å². The lowest BCUT2D eigenvalue weighted by Crippen LogP contribution is -2.39. The molecule has 0 bridgehead atoms. The van der Waals surface area contributed by atoms with Gasteiger partial charge in [0.15, 0.2) is 0 Å². The van der Waals surface area contributed by atoms with Crippen molar-refractivity contribution in [2.75, 3.05) is 6.54 Å². The molecule has 2 rings (SSSR count). The molecule has 1 heterocycles. The average Bonchev–Trinajstić information content (AvgIpc) is 2.28. The fourth-order valence-electron chi connectivity index (χ4n) is 2.19. The van der Waals surface area contributed by atoms with Gasteiger partial charge < -0.3 is 10.4 Å². The predicted octanol–water partition coefficient (Wildman–Crippen LogP) is 3.82. The fraction of sp³-hybridized carbons (Fsp3) is 0.500. The monoisotopic (exact) mass is 293 g/mol. The smallest absolute Gasteiger partial charge is 0.0971 e. The Hall–Kier alpha value is 0.01000. The summed E-state index contributed by atoms with van der Waals surface area (Å²) in [5.41, 5.74) is 0.567. The Morgan fingerprint density at radius 2 is 1.82 bits per heavy atom. The second kappa shape index (κ2) is 5.77. The summed E-state index contributed by atoms with van der Waals surface area (Å²) in [4.78, 5) is 0. The molecular weight excluding hydrogens is 280 g/mol. The highest BCUT2D eigenvalue weighted by molar-refractivity contribution is 6.39. The number of hydrogen-bond donors (Lipinski definition) is 2. The van der Waals surface area contributed by atoms with E-state index in [1.165, 1.54) is 0 Å². The van der Waals surface area contributed by atoms with Gasteiger partial charge in [-0.15, -0.1) is 0 Å². The second-order valence-corrected chi connectivity index (χ2v) is 5.54. The summed E-state index contributed by atoms with van der Waals surface area (Å²) >= 11 is 18.0. The van der Waals surface area contributed by atoms with Crippen LogP contribution in [0.15, 0.2) is 12.1 Å². The van der Waals surface area contributed by atoms with E-state index in [1.807, 2.05) is 0 Å². The Kier molecular flexibility index (Phi) is 4.56. The van der Waals surface area contributed by atoms with E-state index >= 15 is 0 Å². The fourth-order valence-corrected chi connectivity index (χ4v) is 3.23. The molecule has 1 aromatic rings. The molecule has 1 aliphatic rings. The molecule has 1 fully saturated rings. The molecule has 0 amide bonds. The molecule has 0 saturated carbocycles. The van der Waals surface area contributed by atoms with Crippen LogP contribution in [0, 0.1) is 0 Å². The molecular formula is C12H14Cl3NO. The van der Waals surface area contributed by atoms with Crippen LogP contribution in [0.4, 0.5) is 0 Å². The Morgan fingerprint density at radius 3 is 2.35 bits per heavy atom. The number of benzene rings is 1. The first-order chi connectivity index (χ1) is 8.09. The summed E-state index contributed by atoms with van der Waals surface area (Å²) < 4.78 is 0. The van der Waals surface area contributed by atoms with Gasteiger partial charge in [0, 0.05) is 26.7 Å². The van der Waals surface area contributed by atoms with E-state index in [-0.39, 0.29) is 6.04 Å². The van der Waals surface area contributed by atoms with Crippen LogP contribution in [0.3, 0.4) is 0 Å². The minimum Gasteiger partial charge on any atom is -0.387 e. The van der Waals surface area contributed by atoms with Gasteiger partial charge in [0.2, 0.25) is 0 Å². The zero-order valence-corrected chi connectivity index (χ0v) is 11.5.